The summed E-state index contributed by atoms with van der Waals surface area (Å²) >= 11 is 0. The molecule has 1 aromatic carbocycles. The van der Waals surface area contributed by atoms with Gasteiger partial charge in [0.1, 0.15) is 6.42 Å². The molecule has 2 rings (SSSR count). The number of nitrogens with zero attached hydrogens (tertiary/aromatic N) is 3. The Morgan fingerprint density at radius 1 is 1.35 bits per heavy atom. The molecule has 0 saturated carbocycles. The van der Waals surface area contributed by atoms with Crippen LogP contribution in [0.4, 0.5) is 5.69 Å². The van der Waals surface area contributed by atoms with Crippen molar-refractivity contribution in [3.05, 3.63) is 50.1 Å². The van der Waals surface area contributed by atoms with Crippen molar-refractivity contribution in [2.24, 2.45) is 5.16 Å². The summed E-state index contributed by atoms with van der Waals surface area (Å²) in [5.74, 6) is 0. The van der Waals surface area contributed by atoms with E-state index in [0.29, 0.717) is 11.3 Å². The fraction of sp³-hybridized carbons (Fsp3) is 0.222. The minimum absolute atomic E-state index is 0.00810. The SMILES string of the molecule is O=[N+]([O-])c1cccc(C2=NOC([N+](=O)[O-])C2)c1. The maximum Gasteiger partial charge on any atom is 0.380 e. The van der Waals surface area contributed by atoms with Crippen molar-refractivity contribution in [2.45, 2.75) is 12.6 Å². The van der Waals surface area contributed by atoms with Crippen molar-refractivity contribution >= 4 is 11.4 Å². The maximum atomic E-state index is 10.6. The topological polar surface area (TPSA) is 108 Å². The third-order valence-corrected chi connectivity index (χ3v) is 2.28. The number of non-ortho nitro benzene ring substituents is 1. The highest BCUT2D eigenvalue weighted by Crippen LogP contribution is 2.20. The molecule has 0 N–H and O–H groups in total. The number of hydrogen-bond acceptors (Lipinski definition) is 6. The van der Waals surface area contributed by atoms with Crippen LogP contribution >= 0.6 is 0 Å². The van der Waals surface area contributed by atoms with E-state index in [-0.39, 0.29) is 12.1 Å². The average molecular weight is 237 g/mol. The maximum absolute atomic E-state index is 10.6. The van der Waals surface area contributed by atoms with Gasteiger partial charge in [-0.3, -0.25) is 20.2 Å². The van der Waals surface area contributed by atoms with Gasteiger partial charge in [-0.1, -0.05) is 17.3 Å². The molecule has 1 aliphatic rings. The molecule has 0 fully saturated rings. The smallest absolute Gasteiger partial charge is 0.321 e. The van der Waals surface area contributed by atoms with Gasteiger partial charge in [0.05, 0.1) is 15.6 Å². The van der Waals surface area contributed by atoms with E-state index in [0.717, 1.165) is 0 Å². The fourth-order valence-corrected chi connectivity index (χ4v) is 1.45. The van der Waals surface area contributed by atoms with E-state index in [4.69, 9.17) is 0 Å². The van der Waals surface area contributed by atoms with Crippen molar-refractivity contribution in [3.63, 3.8) is 0 Å². The lowest BCUT2D eigenvalue weighted by Crippen LogP contribution is -2.18. The molecular formula is C9H7N3O5. The van der Waals surface area contributed by atoms with Gasteiger partial charge in [-0.15, -0.1) is 0 Å². The molecular weight excluding hydrogens is 230 g/mol. The molecule has 0 amide bonds. The molecule has 0 aliphatic carbocycles. The summed E-state index contributed by atoms with van der Waals surface area (Å²) in [6.45, 7) is 0. The van der Waals surface area contributed by atoms with E-state index in [1.807, 2.05) is 0 Å². The Labute approximate surface area is 94.8 Å². The van der Waals surface area contributed by atoms with E-state index >= 15 is 0 Å². The molecule has 8 heteroatoms. The third kappa shape index (κ3) is 2.19. The van der Waals surface area contributed by atoms with E-state index in [1.165, 1.54) is 18.2 Å². The first-order valence-corrected chi connectivity index (χ1v) is 4.69. The molecule has 1 unspecified atom stereocenters. The van der Waals surface area contributed by atoms with Crippen LogP contribution in [0.5, 0.6) is 0 Å². The van der Waals surface area contributed by atoms with Gasteiger partial charge in [-0.2, -0.15) is 0 Å². The number of benzene rings is 1. The molecule has 0 spiro atoms. The molecule has 1 atom stereocenters. The first-order chi connectivity index (χ1) is 8.08. The number of nitro groups is 2. The zero-order valence-corrected chi connectivity index (χ0v) is 8.48. The average Bonchev–Trinajstić information content (AvgIpc) is 2.78. The standard InChI is InChI=1S/C9H7N3O5/c13-11(14)7-3-1-2-6(4-7)8-5-9(12(15)16)17-10-8/h1-4,9H,5H2. The predicted molar refractivity (Wildman–Crippen MR) is 56.1 cm³/mol. The summed E-state index contributed by atoms with van der Waals surface area (Å²) in [7, 11) is 0. The molecule has 1 heterocycles. The lowest BCUT2D eigenvalue weighted by Gasteiger charge is -1.98. The van der Waals surface area contributed by atoms with Crippen LogP contribution in [0, 0.1) is 20.2 Å². The second kappa shape index (κ2) is 4.16. The Morgan fingerprint density at radius 3 is 2.71 bits per heavy atom. The highest BCUT2D eigenvalue weighted by atomic mass is 16.7. The van der Waals surface area contributed by atoms with E-state index in [2.05, 4.69) is 9.99 Å². The molecule has 1 aromatic rings. The minimum atomic E-state index is -1.20. The van der Waals surface area contributed by atoms with Gasteiger partial charge >= 0.3 is 6.23 Å². The summed E-state index contributed by atoms with van der Waals surface area (Å²) in [6.07, 6.45) is -1.20. The van der Waals surface area contributed by atoms with Crippen molar-refractivity contribution < 1.29 is 14.7 Å². The lowest BCUT2D eigenvalue weighted by atomic mass is 10.1. The summed E-state index contributed by atoms with van der Waals surface area (Å²) < 4.78 is 0. The molecule has 1 aliphatic heterocycles. The van der Waals surface area contributed by atoms with Gasteiger partial charge in [-0.25, -0.2) is 0 Å². The van der Waals surface area contributed by atoms with Crippen LogP contribution in [0.15, 0.2) is 29.4 Å². The molecule has 0 aromatic heterocycles. The van der Waals surface area contributed by atoms with Crippen LogP contribution in [-0.2, 0) is 4.84 Å². The summed E-state index contributed by atoms with van der Waals surface area (Å²) in [5.41, 5.74) is 0.716. The van der Waals surface area contributed by atoms with Crippen LogP contribution in [0.1, 0.15) is 12.0 Å². The zero-order chi connectivity index (χ0) is 12.4. The number of nitro benzene ring substituents is 1. The summed E-state index contributed by atoms with van der Waals surface area (Å²) in [5, 5.41) is 24.6. The van der Waals surface area contributed by atoms with Crippen LogP contribution in [0.25, 0.3) is 0 Å². The number of hydrogen-bond donors (Lipinski definition) is 0. The highest BCUT2D eigenvalue weighted by molar-refractivity contribution is 6.01. The Bertz CT molecular complexity index is 513. The van der Waals surface area contributed by atoms with E-state index in [9.17, 15) is 20.2 Å². The van der Waals surface area contributed by atoms with Crippen LogP contribution < -0.4 is 0 Å². The molecule has 17 heavy (non-hydrogen) atoms. The third-order valence-electron chi connectivity index (χ3n) is 2.28. The first kappa shape index (κ1) is 11.0. The lowest BCUT2D eigenvalue weighted by molar-refractivity contribution is -0.571. The van der Waals surface area contributed by atoms with Gasteiger partial charge in [0.25, 0.3) is 5.69 Å². The minimum Gasteiger partial charge on any atom is -0.321 e. The van der Waals surface area contributed by atoms with Crippen molar-refractivity contribution in [1.29, 1.82) is 0 Å². The summed E-state index contributed by atoms with van der Waals surface area (Å²) in [6, 6.07) is 5.74. The quantitative estimate of drug-likeness (QED) is 0.581. The first-order valence-electron chi connectivity index (χ1n) is 4.69. The Morgan fingerprint density at radius 2 is 2.12 bits per heavy atom. The molecule has 0 saturated heterocycles. The van der Waals surface area contributed by atoms with Crippen LogP contribution in [-0.4, -0.2) is 21.8 Å². The monoisotopic (exact) mass is 237 g/mol. The van der Waals surface area contributed by atoms with Gasteiger partial charge < -0.3 is 4.84 Å². The van der Waals surface area contributed by atoms with Crippen LogP contribution in [0.2, 0.25) is 0 Å². The largest absolute Gasteiger partial charge is 0.380 e. The fourth-order valence-electron chi connectivity index (χ4n) is 1.45. The van der Waals surface area contributed by atoms with Crippen molar-refractivity contribution in [1.82, 2.24) is 0 Å². The van der Waals surface area contributed by atoms with Crippen molar-refractivity contribution in [2.75, 3.05) is 0 Å². The zero-order valence-electron chi connectivity index (χ0n) is 8.48. The normalized spacial score (nSPS) is 18.4. The second-order valence-electron chi connectivity index (χ2n) is 3.39. The van der Waals surface area contributed by atoms with Crippen LogP contribution in [0.3, 0.4) is 0 Å². The number of rotatable bonds is 3. The van der Waals surface area contributed by atoms with Gasteiger partial charge in [0, 0.05) is 17.7 Å². The summed E-state index contributed by atoms with van der Waals surface area (Å²) in [4.78, 5) is 24.5. The van der Waals surface area contributed by atoms with Gasteiger partial charge in [0.2, 0.25) is 0 Å². The Balaban J connectivity index is 2.22. The molecule has 88 valence electrons. The van der Waals surface area contributed by atoms with E-state index in [1.54, 1.807) is 6.07 Å². The Hall–Kier alpha value is -2.51. The van der Waals surface area contributed by atoms with Gasteiger partial charge in [0.15, 0.2) is 0 Å². The molecule has 8 nitrogen and oxygen atoms in total. The number of oxime groups is 1. The predicted octanol–water partition coefficient (Wildman–Crippen LogP) is 1.32. The molecule has 0 radical (unpaired) electrons. The molecule has 0 bridgehead atoms. The van der Waals surface area contributed by atoms with Crippen molar-refractivity contribution in [3.8, 4) is 0 Å². The van der Waals surface area contributed by atoms with E-state index < -0.39 is 16.1 Å². The highest BCUT2D eigenvalue weighted by Gasteiger charge is 2.31. The van der Waals surface area contributed by atoms with Gasteiger partial charge in [-0.05, 0) is 0 Å². The Kier molecular flexibility index (Phi) is 2.69. The second-order valence-corrected chi connectivity index (χ2v) is 3.39.